The van der Waals surface area contributed by atoms with E-state index in [2.05, 4.69) is 25.6 Å². The van der Waals surface area contributed by atoms with Crippen LogP contribution in [0.1, 0.15) is 10.5 Å². The summed E-state index contributed by atoms with van der Waals surface area (Å²) >= 11 is 0. The van der Waals surface area contributed by atoms with Crippen LogP contribution >= 0.6 is 0 Å². The van der Waals surface area contributed by atoms with Crippen LogP contribution in [0, 0.1) is 0 Å². The maximum atomic E-state index is 12.8. The van der Waals surface area contributed by atoms with Gasteiger partial charge in [-0.05, 0) is 24.3 Å². The Labute approximate surface area is 208 Å². The van der Waals surface area contributed by atoms with E-state index in [0.717, 1.165) is 5.69 Å². The molecule has 3 aromatic rings. The first-order valence-electron chi connectivity index (χ1n) is 11.2. The van der Waals surface area contributed by atoms with Gasteiger partial charge in [-0.2, -0.15) is 0 Å². The topological polar surface area (TPSA) is 148 Å². The first-order valence-corrected chi connectivity index (χ1v) is 11.2. The van der Waals surface area contributed by atoms with Gasteiger partial charge in [0, 0.05) is 31.0 Å². The summed E-state index contributed by atoms with van der Waals surface area (Å²) in [6.07, 6.45) is 1.94. The lowest BCUT2D eigenvalue weighted by molar-refractivity contribution is 0.0518. The third kappa shape index (κ3) is 8.49. The highest BCUT2D eigenvalue weighted by Gasteiger charge is 2.16. The minimum absolute atomic E-state index is 0.195. The number of para-hydroxylation sites is 1. The Bertz CT molecular complexity index is 1100. The highest BCUT2D eigenvalue weighted by Crippen LogP contribution is 2.21. The van der Waals surface area contributed by atoms with Crippen molar-refractivity contribution in [3.8, 4) is 5.88 Å². The Morgan fingerprint density at radius 1 is 0.972 bits per heavy atom. The number of methoxy groups -OCH3 is 1. The number of carbonyl (C=O) groups is 2. The quantitative estimate of drug-likeness (QED) is 0.284. The Morgan fingerprint density at radius 2 is 1.75 bits per heavy atom. The zero-order valence-electron chi connectivity index (χ0n) is 19.8. The van der Waals surface area contributed by atoms with Crippen molar-refractivity contribution in [2.45, 2.75) is 0 Å². The number of anilines is 3. The van der Waals surface area contributed by atoms with Gasteiger partial charge in [-0.15, -0.1) is 0 Å². The van der Waals surface area contributed by atoms with Crippen LogP contribution in [0.15, 0.2) is 60.9 Å². The fourth-order valence-corrected chi connectivity index (χ4v) is 3.04. The van der Waals surface area contributed by atoms with Gasteiger partial charge in [0.1, 0.15) is 5.69 Å². The molecular weight excluding hydrogens is 468 g/mol. The number of rotatable bonds is 14. The molecule has 2 aromatic heterocycles. The fraction of sp³-hybridized carbons (Fsp3) is 0.292. The maximum Gasteiger partial charge on any atom is 0.404 e. The van der Waals surface area contributed by atoms with Gasteiger partial charge in [0.2, 0.25) is 11.8 Å². The van der Waals surface area contributed by atoms with E-state index in [0.29, 0.717) is 43.9 Å². The lowest BCUT2D eigenvalue weighted by atomic mass is 10.3. The summed E-state index contributed by atoms with van der Waals surface area (Å²) in [4.78, 5) is 37.9. The van der Waals surface area contributed by atoms with Gasteiger partial charge in [0.05, 0.1) is 45.4 Å². The average molecular weight is 497 g/mol. The number of ether oxygens (including phenoxy) is 3. The van der Waals surface area contributed by atoms with Crippen molar-refractivity contribution in [2.75, 3.05) is 56.8 Å². The summed E-state index contributed by atoms with van der Waals surface area (Å²) in [5.41, 5.74) is 1.55. The molecule has 0 aliphatic rings. The molecule has 2 amide bonds. The van der Waals surface area contributed by atoms with Gasteiger partial charge >= 0.3 is 6.09 Å². The largest absolute Gasteiger partial charge is 0.481 e. The van der Waals surface area contributed by atoms with Gasteiger partial charge < -0.3 is 34.9 Å². The van der Waals surface area contributed by atoms with Crippen molar-refractivity contribution in [3.05, 3.63) is 66.6 Å². The van der Waals surface area contributed by atoms with Crippen LogP contribution in [0.25, 0.3) is 0 Å². The molecule has 36 heavy (non-hydrogen) atoms. The Balaban J connectivity index is 1.59. The predicted octanol–water partition coefficient (Wildman–Crippen LogP) is 2.57. The van der Waals surface area contributed by atoms with E-state index >= 15 is 0 Å². The molecule has 12 heteroatoms. The molecule has 190 valence electrons. The molecule has 0 radical (unpaired) electrons. The van der Waals surface area contributed by atoms with Gasteiger partial charge in [-0.1, -0.05) is 18.2 Å². The molecule has 0 saturated carbocycles. The number of hydrogen-bond acceptors (Lipinski definition) is 9. The number of pyridine rings is 1. The first-order chi connectivity index (χ1) is 17.6. The summed E-state index contributed by atoms with van der Waals surface area (Å²) < 4.78 is 16.0. The molecule has 0 unspecified atom stereocenters. The van der Waals surface area contributed by atoms with Crippen molar-refractivity contribution < 1.29 is 28.9 Å². The number of carboxylic acid groups (broad SMARTS) is 1. The molecule has 3 rings (SSSR count). The van der Waals surface area contributed by atoms with Crippen LogP contribution in [0.3, 0.4) is 0 Å². The summed E-state index contributed by atoms with van der Waals surface area (Å²) in [7, 11) is 1.52. The van der Waals surface area contributed by atoms with E-state index in [1.807, 2.05) is 35.2 Å². The standard InChI is InChI=1S/C24H28N6O6/c1-34-21-8-7-18(17-27-21)28-22(31)20-9-10-25-23(29-20)30(19-5-3-2-4-6-19)12-14-36-16-15-35-13-11-26-24(32)33/h2-10,17,26H,11-16H2,1H3,(H,28,31)(H,32,33). The number of benzene rings is 1. The second-order valence-corrected chi connectivity index (χ2v) is 7.23. The van der Waals surface area contributed by atoms with E-state index in [1.54, 1.807) is 12.1 Å². The van der Waals surface area contributed by atoms with Crippen LogP contribution in [-0.2, 0) is 9.47 Å². The van der Waals surface area contributed by atoms with Crippen molar-refractivity contribution in [3.63, 3.8) is 0 Å². The van der Waals surface area contributed by atoms with Gasteiger partial charge in [0.15, 0.2) is 0 Å². The van der Waals surface area contributed by atoms with Crippen molar-refractivity contribution in [2.24, 2.45) is 0 Å². The van der Waals surface area contributed by atoms with Crippen LogP contribution in [0.5, 0.6) is 5.88 Å². The predicted molar refractivity (Wildman–Crippen MR) is 132 cm³/mol. The molecule has 12 nitrogen and oxygen atoms in total. The molecule has 0 aliphatic heterocycles. The van der Waals surface area contributed by atoms with E-state index in [9.17, 15) is 9.59 Å². The number of aromatic nitrogens is 3. The first kappa shape index (κ1) is 26.3. The van der Waals surface area contributed by atoms with Gasteiger partial charge in [-0.3, -0.25) is 4.79 Å². The normalized spacial score (nSPS) is 10.5. The second-order valence-electron chi connectivity index (χ2n) is 7.23. The van der Waals surface area contributed by atoms with E-state index in [-0.39, 0.29) is 18.8 Å². The number of nitrogens with zero attached hydrogens (tertiary/aromatic N) is 4. The minimum Gasteiger partial charge on any atom is -0.481 e. The lowest BCUT2D eigenvalue weighted by Crippen LogP contribution is -2.27. The molecular formula is C24H28N6O6. The third-order valence-electron chi connectivity index (χ3n) is 4.74. The highest BCUT2D eigenvalue weighted by atomic mass is 16.5. The highest BCUT2D eigenvalue weighted by molar-refractivity contribution is 6.02. The lowest BCUT2D eigenvalue weighted by Gasteiger charge is -2.23. The minimum atomic E-state index is -1.09. The van der Waals surface area contributed by atoms with Crippen molar-refractivity contribution >= 4 is 29.3 Å². The Hall–Kier alpha value is -4.29. The molecule has 0 fully saturated rings. The Kier molecular flexibility index (Phi) is 10.4. The van der Waals surface area contributed by atoms with E-state index in [4.69, 9.17) is 19.3 Å². The van der Waals surface area contributed by atoms with E-state index in [1.165, 1.54) is 25.6 Å². The molecule has 2 heterocycles. The third-order valence-corrected chi connectivity index (χ3v) is 4.74. The second kappa shape index (κ2) is 14.2. The SMILES string of the molecule is COc1ccc(NC(=O)c2ccnc(N(CCOCCOCCNC(=O)O)c3ccccc3)n2)cn1. The summed E-state index contributed by atoms with van der Waals surface area (Å²) in [6.45, 7) is 1.93. The number of nitrogens with one attached hydrogen (secondary N) is 2. The van der Waals surface area contributed by atoms with E-state index < -0.39 is 12.0 Å². The molecule has 0 saturated heterocycles. The monoisotopic (exact) mass is 496 g/mol. The maximum absolute atomic E-state index is 12.8. The summed E-state index contributed by atoms with van der Waals surface area (Å²) in [5, 5.41) is 13.5. The number of amides is 2. The molecule has 0 spiro atoms. The number of carbonyl (C=O) groups excluding carboxylic acids is 1. The van der Waals surface area contributed by atoms with Crippen LogP contribution in [-0.4, -0.2) is 78.7 Å². The zero-order valence-corrected chi connectivity index (χ0v) is 19.8. The van der Waals surface area contributed by atoms with Crippen molar-refractivity contribution in [1.82, 2.24) is 20.3 Å². The smallest absolute Gasteiger partial charge is 0.404 e. The summed E-state index contributed by atoms with van der Waals surface area (Å²) in [5.74, 6) is 0.394. The number of hydrogen-bond donors (Lipinski definition) is 3. The van der Waals surface area contributed by atoms with Crippen LogP contribution in [0.2, 0.25) is 0 Å². The van der Waals surface area contributed by atoms with Crippen molar-refractivity contribution in [1.29, 1.82) is 0 Å². The molecule has 3 N–H and O–H groups in total. The van der Waals surface area contributed by atoms with Gasteiger partial charge in [-0.25, -0.2) is 19.7 Å². The van der Waals surface area contributed by atoms with Crippen LogP contribution < -0.4 is 20.3 Å². The average Bonchev–Trinajstić information content (AvgIpc) is 2.90. The molecule has 1 aromatic carbocycles. The molecule has 0 bridgehead atoms. The molecule has 0 atom stereocenters. The molecule has 0 aliphatic carbocycles. The Morgan fingerprint density at radius 3 is 2.44 bits per heavy atom. The summed E-state index contributed by atoms with van der Waals surface area (Å²) in [6, 6.07) is 14.4. The fourth-order valence-electron chi connectivity index (χ4n) is 3.04. The zero-order chi connectivity index (χ0) is 25.6. The van der Waals surface area contributed by atoms with Crippen LogP contribution in [0.4, 0.5) is 22.1 Å². The van der Waals surface area contributed by atoms with Gasteiger partial charge in [0.25, 0.3) is 5.91 Å².